The summed E-state index contributed by atoms with van der Waals surface area (Å²) in [6.07, 6.45) is 0. The van der Waals surface area contributed by atoms with E-state index >= 15 is 0 Å². The zero-order chi connectivity index (χ0) is 8.85. The number of thioether (sulfide) groups is 2. The quantitative estimate of drug-likeness (QED) is 0.588. The van der Waals surface area contributed by atoms with E-state index in [1.807, 2.05) is 6.92 Å². The molecule has 0 amide bonds. The molecule has 0 aliphatic rings. The first-order valence-electron chi connectivity index (χ1n) is 3.07. The van der Waals surface area contributed by atoms with Gasteiger partial charge in [0, 0.05) is 9.81 Å². The molecule has 0 spiro atoms. The first kappa shape index (κ1) is 10.7. The lowest BCUT2D eigenvalue weighted by molar-refractivity contribution is 1.73. The third kappa shape index (κ3) is 4.99. The first-order valence-corrected chi connectivity index (χ1v) is 4.76. The molecule has 0 rings (SSSR count). The van der Waals surface area contributed by atoms with E-state index in [4.69, 9.17) is 0 Å². The summed E-state index contributed by atoms with van der Waals surface area (Å²) in [5.74, 6) is 0. The minimum absolute atomic E-state index is 0.938. The molecule has 0 aromatic carbocycles. The van der Waals surface area contributed by atoms with Gasteiger partial charge in [0.1, 0.15) is 0 Å². The molecule has 2 heteroatoms. The molecule has 0 nitrogen and oxygen atoms in total. The van der Waals surface area contributed by atoms with E-state index in [0.29, 0.717) is 0 Å². The summed E-state index contributed by atoms with van der Waals surface area (Å²) in [5.41, 5.74) is 0. The molecular formula is C9H12S2. The van der Waals surface area contributed by atoms with Gasteiger partial charge < -0.3 is 0 Å². The van der Waals surface area contributed by atoms with E-state index in [0.717, 1.165) is 14.7 Å². The van der Waals surface area contributed by atoms with Gasteiger partial charge in [-0.2, -0.15) is 0 Å². The lowest BCUT2D eigenvalue weighted by Crippen LogP contribution is -1.73. The Morgan fingerprint density at radius 1 is 1.18 bits per heavy atom. The molecule has 0 aromatic rings. The van der Waals surface area contributed by atoms with Crippen LogP contribution in [0.15, 0.2) is 46.4 Å². The van der Waals surface area contributed by atoms with Gasteiger partial charge in [0.2, 0.25) is 0 Å². The summed E-state index contributed by atoms with van der Waals surface area (Å²) in [6.45, 7) is 17.0. The monoisotopic (exact) mass is 184 g/mol. The van der Waals surface area contributed by atoms with Crippen LogP contribution in [0, 0.1) is 0 Å². The van der Waals surface area contributed by atoms with Gasteiger partial charge in [-0.15, -0.1) is 0 Å². The van der Waals surface area contributed by atoms with Gasteiger partial charge in [0.15, 0.2) is 0 Å². The van der Waals surface area contributed by atoms with Crippen molar-refractivity contribution in [3.8, 4) is 0 Å². The first-order chi connectivity index (χ1) is 5.07. The summed E-state index contributed by atoms with van der Waals surface area (Å²) in [7, 11) is 0. The van der Waals surface area contributed by atoms with Crippen LogP contribution < -0.4 is 0 Å². The van der Waals surface area contributed by atoms with Crippen LogP contribution in [-0.4, -0.2) is 0 Å². The van der Waals surface area contributed by atoms with Crippen LogP contribution in [0.3, 0.4) is 0 Å². The van der Waals surface area contributed by atoms with E-state index in [-0.39, 0.29) is 0 Å². The van der Waals surface area contributed by atoms with Crippen LogP contribution in [0.1, 0.15) is 6.92 Å². The fourth-order valence-electron chi connectivity index (χ4n) is 0.434. The van der Waals surface area contributed by atoms with Crippen LogP contribution in [0.4, 0.5) is 0 Å². The molecule has 0 saturated carbocycles. The molecule has 11 heavy (non-hydrogen) atoms. The average molecular weight is 184 g/mol. The normalized spacial score (nSPS) is 8.82. The van der Waals surface area contributed by atoms with Crippen molar-refractivity contribution in [2.45, 2.75) is 6.92 Å². The molecule has 0 fully saturated rings. The number of allylic oxidation sites excluding steroid dienone is 1. The molecule has 0 aliphatic heterocycles. The SMILES string of the molecule is C=CSC(=C)C(=C)SC(=C)C. The average Bonchev–Trinajstić information content (AvgIpc) is 1.86. The molecule has 0 heterocycles. The Kier molecular flexibility index (Phi) is 5.16. The van der Waals surface area contributed by atoms with Crippen molar-refractivity contribution < 1.29 is 0 Å². The lowest BCUT2D eigenvalue weighted by Gasteiger charge is -2.04. The largest absolute Gasteiger partial charge is 0.0982 e. The maximum Gasteiger partial charge on any atom is 0.0180 e. The van der Waals surface area contributed by atoms with E-state index in [1.165, 1.54) is 11.8 Å². The minimum Gasteiger partial charge on any atom is -0.0982 e. The molecule has 60 valence electrons. The van der Waals surface area contributed by atoms with Crippen LogP contribution >= 0.6 is 23.5 Å². The van der Waals surface area contributed by atoms with Crippen LogP contribution in [-0.2, 0) is 0 Å². The highest BCUT2D eigenvalue weighted by molar-refractivity contribution is 8.11. The predicted octanol–water partition coefficient (Wildman–Crippen LogP) is 4.16. The van der Waals surface area contributed by atoms with Crippen LogP contribution in [0.5, 0.6) is 0 Å². The Bertz CT molecular complexity index is 202. The Balaban J connectivity index is 3.93. The zero-order valence-corrected chi connectivity index (χ0v) is 8.36. The molecule has 0 N–H and O–H groups in total. The maximum atomic E-state index is 3.85. The second-order valence-electron chi connectivity index (χ2n) is 1.93. The molecule has 0 unspecified atom stereocenters. The summed E-state index contributed by atoms with van der Waals surface area (Å²) < 4.78 is 0. The Morgan fingerprint density at radius 3 is 2.09 bits per heavy atom. The summed E-state index contributed by atoms with van der Waals surface area (Å²) in [6, 6.07) is 0. The highest BCUT2D eigenvalue weighted by Crippen LogP contribution is 2.33. The molecule has 0 saturated heterocycles. The molecule has 0 aliphatic carbocycles. The second kappa shape index (κ2) is 5.33. The fraction of sp³-hybridized carbons (Fsp3) is 0.111. The van der Waals surface area contributed by atoms with Crippen molar-refractivity contribution in [3.05, 3.63) is 46.4 Å². The summed E-state index contributed by atoms with van der Waals surface area (Å²) in [5, 5.41) is 1.74. The van der Waals surface area contributed by atoms with Gasteiger partial charge in [-0.25, -0.2) is 0 Å². The fourth-order valence-corrected chi connectivity index (χ4v) is 1.57. The van der Waals surface area contributed by atoms with Crippen molar-refractivity contribution in [2.24, 2.45) is 0 Å². The highest BCUT2D eigenvalue weighted by atomic mass is 32.2. The zero-order valence-electron chi connectivity index (χ0n) is 6.72. The second-order valence-corrected chi connectivity index (χ2v) is 4.39. The van der Waals surface area contributed by atoms with Crippen LogP contribution in [0.25, 0.3) is 0 Å². The van der Waals surface area contributed by atoms with E-state index in [1.54, 1.807) is 17.2 Å². The standard InChI is InChI=1S/C9H12S2/c1-6-10-8(4)9(5)11-7(2)3/h6H,1-2,4-5H2,3H3. The number of hydrogen-bond donors (Lipinski definition) is 0. The molecule has 0 atom stereocenters. The van der Waals surface area contributed by atoms with Crippen LogP contribution in [0.2, 0.25) is 0 Å². The van der Waals surface area contributed by atoms with Gasteiger partial charge in [-0.3, -0.25) is 0 Å². The highest BCUT2D eigenvalue weighted by Gasteiger charge is 1.99. The van der Waals surface area contributed by atoms with E-state index < -0.39 is 0 Å². The summed E-state index contributed by atoms with van der Waals surface area (Å²) >= 11 is 3.03. The molecule has 0 bridgehead atoms. The molecule has 0 aromatic heterocycles. The Labute approximate surface area is 77.1 Å². The predicted molar refractivity (Wildman–Crippen MR) is 58.5 cm³/mol. The smallest absolute Gasteiger partial charge is 0.0180 e. The van der Waals surface area contributed by atoms with Gasteiger partial charge >= 0.3 is 0 Å². The topological polar surface area (TPSA) is 0 Å². The van der Waals surface area contributed by atoms with E-state index in [2.05, 4.69) is 26.3 Å². The third-order valence-corrected chi connectivity index (χ3v) is 2.50. The number of rotatable bonds is 5. The van der Waals surface area contributed by atoms with Crippen molar-refractivity contribution >= 4 is 23.5 Å². The van der Waals surface area contributed by atoms with Crippen molar-refractivity contribution in [3.63, 3.8) is 0 Å². The Hall–Kier alpha value is -0.340. The maximum absolute atomic E-state index is 3.85. The van der Waals surface area contributed by atoms with Crippen molar-refractivity contribution in [2.75, 3.05) is 0 Å². The lowest BCUT2D eigenvalue weighted by atomic mass is 10.6. The minimum atomic E-state index is 0.938. The summed E-state index contributed by atoms with van der Waals surface area (Å²) in [4.78, 5) is 2.91. The Morgan fingerprint density at radius 2 is 1.73 bits per heavy atom. The number of hydrogen-bond acceptors (Lipinski definition) is 2. The van der Waals surface area contributed by atoms with Crippen molar-refractivity contribution in [1.82, 2.24) is 0 Å². The molecule has 0 radical (unpaired) electrons. The third-order valence-electron chi connectivity index (χ3n) is 0.834. The van der Waals surface area contributed by atoms with Gasteiger partial charge in [0.05, 0.1) is 0 Å². The van der Waals surface area contributed by atoms with E-state index in [9.17, 15) is 0 Å². The van der Waals surface area contributed by atoms with Crippen molar-refractivity contribution in [1.29, 1.82) is 0 Å². The van der Waals surface area contributed by atoms with Gasteiger partial charge in [-0.1, -0.05) is 49.8 Å². The molecular weight excluding hydrogens is 172 g/mol. The van der Waals surface area contributed by atoms with Gasteiger partial charge in [-0.05, 0) is 17.2 Å². The van der Waals surface area contributed by atoms with Gasteiger partial charge in [0.25, 0.3) is 0 Å².